The van der Waals surface area contributed by atoms with Gasteiger partial charge in [-0.2, -0.15) is 0 Å². The van der Waals surface area contributed by atoms with E-state index in [1.807, 2.05) is 0 Å². The third-order valence-electron chi connectivity index (χ3n) is 0.533. The molecular formula is C5H7NO3. The van der Waals surface area contributed by atoms with Crippen LogP contribution in [0.25, 0.3) is 0 Å². The Morgan fingerprint density at radius 2 is 2.22 bits per heavy atom. The van der Waals surface area contributed by atoms with Gasteiger partial charge in [0, 0.05) is 0 Å². The number of rotatable bonds is 2. The maximum Gasteiger partial charge on any atom is 0.396 e. The summed E-state index contributed by atoms with van der Waals surface area (Å²) < 4.78 is 4.22. The van der Waals surface area contributed by atoms with Crippen molar-refractivity contribution in [3.8, 4) is 0 Å². The van der Waals surface area contributed by atoms with Gasteiger partial charge in [-0.05, 0) is 0 Å². The van der Waals surface area contributed by atoms with Gasteiger partial charge in [0.25, 0.3) is 0 Å². The van der Waals surface area contributed by atoms with Crippen molar-refractivity contribution in [2.45, 2.75) is 0 Å². The average Bonchev–Trinajstić information content (AvgIpc) is 1.82. The third-order valence-corrected chi connectivity index (χ3v) is 0.533. The molecule has 4 heteroatoms. The first-order valence-electron chi connectivity index (χ1n) is 2.26. The Kier molecular flexibility index (Phi) is 3.12. The van der Waals surface area contributed by atoms with E-state index in [1.165, 1.54) is 6.08 Å². The molecule has 0 aliphatic carbocycles. The fourth-order valence-electron chi connectivity index (χ4n) is 0.206. The smallest absolute Gasteiger partial charge is 0.396 e. The molecule has 0 radical (unpaired) electrons. The second-order valence-corrected chi connectivity index (χ2v) is 1.25. The predicted octanol–water partition coefficient (Wildman–Crippen LogP) is -0.799. The van der Waals surface area contributed by atoms with E-state index in [-0.39, 0.29) is 6.61 Å². The van der Waals surface area contributed by atoms with E-state index in [4.69, 9.17) is 0 Å². The van der Waals surface area contributed by atoms with Crippen molar-refractivity contribution in [2.24, 2.45) is 5.73 Å². The summed E-state index contributed by atoms with van der Waals surface area (Å²) in [4.78, 5) is 20.1. The summed E-state index contributed by atoms with van der Waals surface area (Å²) >= 11 is 0. The van der Waals surface area contributed by atoms with Gasteiger partial charge in [-0.1, -0.05) is 12.7 Å². The molecule has 0 aromatic carbocycles. The van der Waals surface area contributed by atoms with Crippen molar-refractivity contribution < 1.29 is 14.3 Å². The minimum atomic E-state index is -1.09. The van der Waals surface area contributed by atoms with Crippen LogP contribution >= 0.6 is 0 Å². The fourth-order valence-corrected chi connectivity index (χ4v) is 0.206. The van der Waals surface area contributed by atoms with Gasteiger partial charge in [-0.25, -0.2) is 4.79 Å². The number of nitrogens with two attached hydrogens (primary N) is 1. The van der Waals surface area contributed by atoms with Crippen LogP contribution in [-0.4, -0.2) is 18.5 Å². The number of amides is 1. The first-order valence-corrected chi connectivity index (χ1v) is 2.26. The normalized spacial score (nSPS) is 8.00. The van der Waals surface area contributed by atoms with Gasteiger partial charge >= 0.3 is 11.9 Å². The lowest BCUT2D eigenvalue weighted by Crippen LogP contribution is -2.25. The standard InChI is InChI=1S/C5H7NO3/c1-2-3-9-5(8)4(6)7/h2H,1,3H2,(H2,6,7). The van der Waals surface area contributed by atoms with Crippen LogP contribution in [0.5, 0.6) is 0 Å². The van der Waals surface area contributed by atoms with Gasteiger partial charge in [0.15, 0.2) is 0 Å². The lowest BCUT2D eigenvalue weighted by atomic mass is 10.6. The van der Waals surface area contributed by atoms with Gasteiger partial charge in [0.05, 0.1) is 0 Å². The molecule has 1 amide bonds. The Morgan fingerprint density at radius 3 is 2.56 bits per heavy atom. The lowest BCUT2D eigenvalue weighted by molar-refractivity contribution is -0.152. The molecule has 50 valence electrons. The van der Waals surface area contributed by atoms with E-state index in [9.17, 15) is 9.59 Å². The maximum atomic E-state index is 10.2. The molecule has 0 spiro atoms. The van der Waals surface area contributed by atoms with Crippen LogP contribution in [0.3, 0.4) is 0 Å². The number of hydrogen-bond acceptors (Lipinski definition) is 3. The first kappa shape index (κ1) is 7.68. The van der Waals surface area contributed by atoms with E-state index >= 15 is 0 Å². The largest absolute Gasteiger partial charge is 0.454 e. The summed E-state index contributed by atoms with van der Waals surface area (Å²) in [5.74, 6) is -2.12. The summed E-state index contributed by atoms with van der Waals surface area (Å²) in [7, 11) is 0. The van der Waals surface area contributed by atoms with Crippen molar-refractivity contribution in [3.63, 3.8) is 0 Å². The van der Waals surface area contributed by atoms with Crippen LogP contribution < -0.4 is 5.73 Å². The van der Waals surface area contributed by atoms with Crippen molar-refractivity contribution in [2.75, 3.05) is 6.61 Å². The van der Waals surface area contributed by atoms with Crippen molar-refractivity contribution in [1.82, 2.24) is 0 Å². The van der Waals surface area contributed by atoms with Crippen molar-refractivity contribution in [1.29, 1.82) is 0 Å². The highest BCUT2D eigenvalue weighted by Gasteiger charge is 2.07. The van der Waals surface area contributed by atoms with Crippen LogP contribution in [0.4, 0.5) is 0 Å². The Balaban J connectivity index is 3.51. The molecule has 0 aliphatic heterocycles. The lowest BCUT2D eigenvalue weighted by Gasteiger charge is -1.93. The molecule has 0 atom stereocenters. The fraction of sp³-hybridized carbons (Fsp3) is 0.200. The van der Waals surface area contributed by atoms with Crippen LogP contribution in [0.15, 0.2) is 12.7 Å². The van der Waals surface area contributed by atoms with Crippen LogP contribution in [-0.2, 0) is 14.3 Å². The Hall–Kier alpha value is -1.32. The maximum absolute atomic E-state index is 10.2. The monoisotopic (exact) mass is 129 g/mol. The quantitative estimate of drug-likeness (QED) is 0.301. The summed E-state index contributed by atoms with van der Waals surface area (Å²) in [6.45, 7) is 3.28. The van der Waals surface area contributed by atoms with Crippen LogP contribution in [0, 0.1) is 0 Å². The molecule has 0 heterocycles. The minimum Gasteiger partial charge on any atom is -0.454 e. The molecule has 9 heavy (non-hydrogen) atoms. The number of ether oxygens (including phenoxy) is 1. The number of primary amides is 1. The molecule has 0 aromatic heterocycles. The minimum absolute atomic E-state index is 0.0156. The second kappa shape index (κ2) is 3.65. The summed E-state index contributed by atoms with van der Waals surface area (Å²) in [5, 5.41) is 0. The molecule has 0 aliphatic rings. The Bertz CT molecular complexity index is 141. The molecule has 0 saturated carbocycles. The molecular weight excluding hydrogens is 122 g/mol. The average molecular weight is 129 g/mol. The highest BCUT2D eigenvalue weighted by molar-refractivity contribution is 6.31. The van der Waals surface area contributed by atoms with E-state index < -0.39 is 11.9 Å². The zero-order valence-electron chi connectivity index (χ0n) is 4.79. The number of hydrogen-bond donors (Lipinski definition) is 1. The Labute approximate surface area is 52.3 Å². The highest BCUT2D eigenvalue weighted by atomic mass is 16.5. The van der Waals surface area contributed by atoms with Crippen molar-refractivity contribution in [3.05, 3.63) is 12.7 Å². The highest BCUT2D eigenvalue weighted by Crippen LogP contribution is 1.75. The molecule has 0 saturated heterocycles. The SMILES string of the molecule is C=CCOC(=O)C(N)=O. The van der Waals surface area contributed by atoms with Crippen molar-refractivity contribution >= 4 is 11.9 Å². The number of carbonyl (C=O) groups excluding carboxylic acids is 2. The Morgan fingerprint density at radius 1 is 1.67 bits per heavy atom. The second-order valence-electron chi connectivity index (χ2n) is 1.25. The molecule has 0 fully saturated rings. The van der Waals surface area contributed by atoms with Gasteiger partial charge in [0.2, 0.25) is 0 Å². The van der Waals surface area contributed by atoms with Crippen LogP contribution in [0.1, 0.15) is 0 Å². The molecule has 0 unspecified atom stereocenters. The van der Waals surface area contributed by atoms with E-state index in [2.05, 4.69) is 17.0 Å². The first-order chi connectivity index (χ1) is 4.18. The topological polar surface area (TPSA) is 69.4 Å². The van der Waals surface area contributed by atoms with E-state index in [0.717, 1.165) is 0 Å². The van der Waals surface area contributed by atoms with Gasteiger partial charge < -0.3 is 10.5 Å². The molecule has 0 bridgehead atoms. The van der Waals surface area contributed by atoms with E-state index in [1.54, 1.807) is 0 Å². The van der Waals surface area contributed by atoms with Crippen LogP contribution in [0.2, 0.25) is 0 Å². The van der Waals surface area contributed by atoms with Gasteiger partial charge in [-0.15, -0.1) is 0 Å². The molecule has 2 N–H and O–H groups in total. The number of esters is 1. The predicted molar refractivity (Wildman–Crippen MR) is 30.4 cm³/mol. The zero-order chi connectivity index (χ0) is 7.28. The molecule has 0 aromatic rings. The zero-order valence-corrected chi connectivity index (χ0v) is 4.79. The molecule has 0 rings (SSSR count). The molecule has 4 nitrogen and oxygen atoms in total. The summed E-state index contributed by atoms with van der Waals surface area (Å²) in [5.41, 5.74) is 4.53. The summed E-state index contributed by atoms with van der Waals surface area (Å²) in [6.07, 6.45) is 1.35. The van der Waals surface area contributed by atoms with E-state index in [0.29, 0.717) is 0 Å². The van der Waals surface area contributed by atoms with Gasteiger partial charge in [-0.3, -0.25) is 4.79 Å². The third kappa shape index (κ3) is 3.28. The summed E-state index contributed by atoms with van der Waals surface area (Å²) in [6, 6.07) is 0. The number of carbonyl (C=O) groups is 2. The van der Waals surface area contributed by atoms with Gasteiger partial charge in [0.1, 0.15) is 6.61 Å².